The molecule has 4 rings (SSSR count). The molecule has 0 radical (unpaired) electrons. The van der Waals surface area contributed by atoms with E-state index in [1.807, 2.05) is 6.07 Å². The molecule has 3 aliphatic carbocycles. The highest BCUT2D eigenvalue weighted by atomic mass is 32.2. The molecule has 0 spiro atoms. The van der Waals surface area contributed by atoms with Crippen molar-refractivity contribution in [2.24, 2.45) is 23.7 Å². The number of anilines is 2. The molecule has 0 aromatic heterocycles. The Kier molecular flexibility index (Phi) is 2.44. The van der Waals surface area contributed by atoms with Crippen molar-refractivity contribution >= 4 is 21.2 Å². The summed E-state index contributed by atoms with van der Waals surface area (Å²) in [5, 5.41) is 3.55. The first kappa shape index (κ1) is 12.5. The molecular weight excluding hydrogens is 272 g/mol. The minimum atomic E-state index is -3.19. The number of nitrogen functional groups attached to an aromatic ring is 1. The highest BCUT2D eigenvalue weighted by molar-refractivity contribution is 7.90. The van der Waals surface area contributed by atoms with E-state index >= 15 is 0 Å². The Morgan fingerprint density at radius 1 is 1.20 bits per heavy atom. The predicted octanol–water partition coefficient (Wildman–Crippen LogP) is 2.13. The summed E-state index contributed by atoms with van der Waals surface area (Å²) in [5.74, 6) is 3.50. The van der Waals surface area contributed by atoms with Crippen LogP contribution in [-0.2, 0) is 9.84 Å². The minimum Gasteiger partial charge on any atom is -0.397 e. The number of rotatable bonds is 3. The molecule has 3 saturated carbocycles. The number of fused-ring (bicyclic) bond motifs is 5. The number of nitrogens with one attached hydrogen (secondary N) is 1. The van der Waals surface area contributed by atoms with E-state index in [1.54, 1.807) is 12.1 Å². The fourth-order valence-corrected chi connectivity index (χ4v) is 5.26. The third kappa shape index (κ3) is 1.75. The number of nitrogens with two attached hydrogens (primary N) is 1. The molecule has 3 fully saturated rings. The van der Waals surface area contributed by atoms with Gasteiger partial charge >= 0.3 is 0 Å². The van der Waals surface area contributed by atoms with E-state index in [1.165, 1.54) is 25.5 Å². The molecule has 4 unspecified atom stereocenters. The zero-order valence-corrected chi connectivity index (χ0v) is 12.4. The zero-order chi connectivity index (χ0) is 14.1. The summed E-state index contributed by atoms with van der Waals surface area (Å²) in [6.45, 7) is 0. The normalized spacial score (nSPS) is 37.8. The molecule has 1 aromatic carbocycles. The second-order valence-corrected chi connectivity index (χ2v) is 8.69. The molecule has 108 valence electrons. The lowest BCUT2D eigenvalue weighted by molar-refractivity contribution is 0.456. The van der Waals surface area contributed by atoms with Gasteiger partial charge in [0.2, 0.25) is 0 Å². The van der Waals surface area contributed by atoms with E-state index in [-0.39, 0.29) is 4.90 Å². The first-order valence-corrected chi connectivity index (χ1v) is 9.20. The van der Waals surface area contributed by atoms with Gasteiger partial charge in [-0.25, -0.2) is 8.42 Å². The first-order valence-electron chi connectivity index (χ1n) is 7.31. The molecule has 3 N–H and O–H groups in total. The summed E-state index contributed by atoms with van der Waals surface area (Å²) in [7, 11) is -3.19. The highest BCUT2D eigenvalue weighted by Crippen LogP contribution is 2.66. The largest absolute Gasteiger partial charge is 0.397 e. The van der Waals surface area contributed by atoms with Crippen LogP contribution in [0.3, 0.4) is 0 Å². The van der Waals surface area contributed by atoms with Crippen molar-refractivity contribution in [2.45, 2.75) is 30.2 Å². The number of hydrogen-bond acceptors (Lipinski definition) is 4. The standard InChI is InChI=1S/C15H20N2O2S/c1-20(18,19)10-4-5-12(11(16)7-10)17-15-13-8-2-3-9(6-8)14(13)15/h4-5,7-9,13-15,17H,2-3,6,16H2,1H3. The van der Waals surface area contributed by atoms with Crippen molar-refractivity contribution in [2.75, 3.05) is 17.3 Å². The van der Waals surface area contributed by atoms with Gasteiger partial charge in [0.05, 0.1) is 16.3 Å². The smallest absolute Gasteiger partial charge is 0.175 e. The van der Waals surface area contributed by atoms with E-state index in [9.17, 15) is 8.42 Å². The third-order valence-electron chi connectivity index (χ3n) is 5.51. The Labute approximate surface area is 119 Å². The van der Waals surface area contributed by atoms with Crippen molar-refractivity contribution in [3.05, 3.63) is 18.2 Å². The van der Waals surface area contributed by atoms with Gasteiger partial charge in [0.25, 0.3) is 0 Å². The van der Waals surface area contributed by atoms with E-state index in [4.69, 9.17) is 5.73 Å². The highest BCUT2D eigenvalue weighted by Gasteiger charge is 2.65. The molecule has 4 nitrogen and oxygen atoms in total. The van der Waals surface area contributed by atoms with Gasteiger partial charge in [-0.05, 0) is 61.1 Å². The molecule has 3 aliphatic rings. The van der Waals surface area contributed by atoms with Gasteiger partial charge in [-0.1, -0.05) is 0 Å². The number of hydrogen-bond donors (Lipinski definition) is 2. The van der Waals surface area contributed by atoms with Crippen LogP contribution >= 0.6 is 0 Å². The lowest BCUT2D eigenvalue weighted by Crippen LogP contribution is -2.14. The van der Waals surface area contributed by atoms with Crippen molar-refractivity contribution in [1.29, 1.82) is 0 Å². The Morgan fingerprint density at radius 2 is 1.85 bits per heavy atom. The SMILES string of the molecule is CS(=O)(=O)c1ccc(NC2C3C4CCC(C4)C23)c(N)c1. The Morgan fingerprint density at radius 3 is 2.40 bits per heavy atom. The Balaban J connectivity index is 1.53. The van der Waals surface area contributed by atoms with Gasteiger partial charge < -0.3 is 11.1 Å². The minimum absolute atomic E-state index is 0.289. The van der Waals surface area contributed by atoms with Crippen LogP contribution in [0.4, 0.5) is 11.4 Å². The molecule has 0 saturated heterocycles. The summed E-state index contributed by atoms with van der Waals surface area (Å²) >= 11 is 0. The lowest BCUT2D eigenvalue weighted by Gasteiger charge is -2.14. The molecule has 20 heavy (non-hydrogen) atoms. The average Bonchev–Trinajstić information content (AvgIpc) is 2.78. The Hall–Kier alpha value is -1.23. The predicted molar refractivity (Wildman–Crippen MR) is 79.2 cm³/mol. The second-order valence-electron chi connectivity index (χ2n) is 6.68. The molecular formula is C15H20N2O2S. The van der Waals surface area contributed by atoms with Gasteiger partial charge in [0, 0.05) is 12.3 Å². The molecule has 2 bridgehead atoms. The first-order chi connectivity index (χ1) is 9.45. The quantitative estimate of drug-likeness (QED) is 0.837. The fraction of sp³-hybridized carbons (Fsp3) is 0.600. The van der Waals surface area contributed by atoms with E-state index in [0.717, 1.165) is 29.4 Å². The molecule has 5 heteroatoms. The van der Waals surface area contributed by atoms with Crippen LogP contribution in [0, 0.1) is 23.7 Å². The topological polar surface area (TPSA) is 72.2 Å². The summed E-state index contributed by atoms with van der Waals surface area (Å²) in [6, 6.07) is 5.57. The van der Waals surface area contributed by atoms with E-state index in [0.29, 0.717) is 11.7 Å². The van der Waals surface area contributed by atoms with Crippen LogP contribution < -0.4 is 11.1 Å². The summed E-state index contributed by atoms with van der Waals surface area (Å²) in [4.78, 5) is 0.289. The fourth-order valence-electron chi connectivity index (χ4n) is 4.60. The van der Waals surface area contributed by atoms with Crippen molar-refractivity contribution < 1.29 is 8.42 Å². The van der Waals surface area contributed by atoms with Gasteiger partial charge in [-0.15, -0.1) is 0 Å². The summed E-state index contributed by atoms with van der Waals surface area (Å²) < 4.78 is 23.0. The molecule has 4 atom stereocenters. The van der Waals surface area contributed by atoms with E-state index < -0.39 is 9.84 Å². The van der Waals surface area contributed by atoms with Crippen LogP contribution in [0.25, 0.3) is 0 Å². The third-order valence-corrected chi connectivity index (χ3v) is 6.62. The van der Waals surface area contributed by atoms with E-state index in [2.05, 4.69) is 5.32 Å². The maximum absolute atomic E-state index is 11.5. The molecule has 1 aromatic rings. The summed E-state index contributed by atoms with van der Waals surface area (Å²) in [5.41, 5.74) is 7.42. The summed E-state index contributed by atoms with van der Waals surface area (Å²) in [6.07, 6.45) is 5.42. The molecule has 0 aliphatic heterocycles. The average molecular weight is 292 g/mol. The second kappa shape index (κ2) is 3.91. The Bertz CT molecular complexity index is 654. The van der Waals surface area contributed by atoms with Crippen LogP contribution in [0.1, 0.15) is 19.3 Å². The van der Waals surface area contributed by atoms with Crippen LogP contribution in [0.15, 0.2) is 23.1 Å². The van der Waals surface area contributed by atoms with Crippen molar-refractivity contribution in [3.8, 4) is 0 Å². The van der Waals surface area contributed by atoms with Crippen LogP contribution in [0.2, 0.25) is 0 Å². The maximum Gasteiger partial charge on any atom is 0.175 e. The maximum atomic E-state index is 11.5. The zero-order valence-electron chi connectivity index (χ0n) is 11.5. The van der Waals surface area contributed by atoms with Crippen LogP contribution in [-0.4, -0.2) is 20.7 Å². The van der Waals surface area contributed by atoms with Gasteiger partial charge in [-0.3, -0.25) is 0 Å². The van der Waals surface area contributed by atoms with Gasteiger partial charge in [0.15, 0.2) is 9.84 Å². The van der Waals surface area contributed by atoms with Crippen molar-refractivity contribution in [1.82, 2.24) is 0 Å². The monoisotopic (exact) mass is 292 g/mol. The van der Waals surface area contributed by atoms with Gasteiger partial charge in [0.1, 0.15) is 0 Å². The number of sulfone groups is 1. The van der Waals surface area contributed by atoms with Gasteiger partial charge in [-0.2, -0.15) is 0 Å². The number of benzene rings is 1. The lowest BCUT2D eigenvalue weighted by atomic mass is 10.0. The van der Waals surface area contributed by atoms with Crippen LogP contribution in [0.5, 0.6) is 0 Å². The molecule has 0 amide bonds. The molecule has 0 heterocycles. The van der Waals surface area contributed by atoms with Crippen molar-refractivity contribution in [3.63, 3.8) is 0 Å².